The van der Waals surface area contributed by atoms with Gasteiger partial charge in [0.15, 0.2) is 17.2 Å². The third kappa shape index (κ3) is 3.06. The van der Waals surface area contributed by atoms with Crippen LogP contribution in [0.25, 0.3) is 22.8 Å². The van der Waals surface area contributed by atoms with E-state index in [1.165, 1.54) is 16.9 Å². The van der Waals surface area contributed by atoms with Crippen LogP contribution in [0.2, 0.25) is 0 Å². The number of fused-ring (bicyclic) bond motifs is 1. The summed E-state index contributed by atoms with van der Waals surface area (Å²) in [7, 11) is 0. The Kier molecular flexibility index (Phi) is 4.22. The van der Waals surface area contributed by atoms with Crippen molar-refractivity contribution < 1.29 is 9.47 Å². The number of rotatable bonds is 3. The number of nitrogens with zero attached hydrogens (tertiary/aromatic N) is 6. The standard InChI is InChI=1S/C21H14N6O3/c22-13-14-11-15(3-6-23-14)26-8-5-18(28)21(25-26)17-4-7-24-27(17)16-1-2-19-20(12-16)30-10-9-29-19/h1-8,11-12H,9-10H2. The molecule has 9 heteroatoms. The van der Waals surface area contributed by atoms with Crippen LogP contribution in [0, 0.1) is 11.3 Å². The zero-order valence-electron chi connectivity index (χ0n) is 15.6. The highest BCUT2D eigenvalue weighted by atomic mass is 16.6. The van der Waals surface area contributed by atoms with Crippen molar-refractivity contribution in [2.45, 2.75) is 0 Å². The summed E-state index contributed by atoms with van der Waals surface area (Å²) in [6.45, 7) is 0.985. The normalized spacial score (nSPS) is 12.4. The Balaban J connectivity index is 1.60. The quantitative estimate of drug-likeness (QED) is 0.520. The molecule has 1 aliphatic rings. The van der Waals surface area contributed by atoms with Crippen molar-refractivity contribution >= 4 is 0 Å². The van der Waals surface area contributed by atoms with Gasteiger partial charge in [-0.05, 0) is 24.3 Å². The molecule has 0 aliphatic carbocycles. The van der Waals surface area contributed by atoms with Crippen LogP contribution in [0.5, 0.6) is 11.5 Å². The summed E-state index contributed by atoms with van der Waals surface area (Å²) in [5.74, 6) is 1.30. The number of aromatic nitrogens is 5. The van der Waals surface area contributed by atoms with E-state index in [1.807, 2.05) is 24.3 Å². The Hall–Kier alpha value is -4.45. The van der Waals surface area contributed by atoms with Crippen LogP contribution in [0.1, 0.15) is 5.69 Å². The highest BCUT2D eigenvalue weighted by Gasteiger charge is 2.17. The second-order valence-electron chi connectivity index (χ2n) is 6.44. The topological polar surface area (TPSA) is 108 Å². The lowest BCUT2D eigenvalue weighted by molar-refractivity contribution is 0.171. The van der Waals surface area contributed by atoms with Gasteiger partial charge in [0.05, 0.1) is 23.3 Å². The minimum atomic E-state index is -0.250. The summed E-state index contributed by atoms with van der Waals surface area (Å²) in [4.78, 5) is 16.6. The van der Waals surface area contributed by atoms with E-state index < -0.39 is 0 Å². The van der Waals surface area contributed by atoms with Crippen LogP contribution in [-0.2, 0) is 0 Å². The lowest BCUT2D eigenvalue weighted by Crippen LogP contribution is -2.16. The van der Waals surface area contributed by atoms with Gasteiger partial charge in [-0.2, -0.15) is 15.5 Å². The van der Waals surface area contributed by atoms with Gasteiger partial charge in [0.25, 0.3) is 0 Å². The maximum atomic E-state index is 12.6. The van der Waals surface area contributed by atoms with Gasteiger partial charge in [0.1, 0.15) is 25.0 Å². The predicted octanol–water partition coefficient (Wildman–Crippen LogP) is 2.12. The van der Waals surface area contributed by atoms with Crippen molar-refractivity contribution in [1.29, 1.82) is 5.26 Å². The Morgan fingerprint density at radius 3 is 2.70 bits per heavy atom. The van der Waals surface area contributed by atoms with Crippen LogP contribution in [0.4, 0.5) is 0 Å². The molecule has 5 rings (SSSR count). The number of ether oxygens (including phenoxy) is 2. The molecule has 0 saturated carbocycles. The Labute approximate surface area is 170 Å². The fraction of sp³-hybridized carbons (Fsp3) is 0.0952. The first-order valence-electron chi connectivity index (χ1n) is 9.14. The average molecular weight is 398 g/mol. The molecule has 0 amide bonds. The zero-order chi connectivity index (χ0) is 20.5. The highest BCUT2D eigenvalue weighted by molar-refractivity contribution is 5.59. The first-order chi connectivity index (χ1) is 14.7. The number of pyridine rings is 1. The summed E-state index contributed by atoms with van der Waals surface area (Å²) in [5, 5.41) is 17.9. The van der Waals surface area contributed by atoms with Gasteiger partial charge in [-0.15, -0.1) is 0 Å². The fourth-order valence-electron chi connectivity index (χ4n) is 3.20. The van der Waals surface area contributed by atoms with Crippen molar-refractivity contribution in [2.75, 3.05) is 13.2 Å². The average Bonchev–Trinajstić information content (AvgIpc) is 3.29. The second-order valence-corrected chi connectivity index (χ2v) is 6.44. The summed E-state index contributed by atoms with van der Waals surface area (Å²) in [6, 6.07) is 13.9. The van der Waals surface area contributed by atoms with Gasteiger partial charge >= 0.3 is 0 Å². The van der Waals surface area contributed by atoms with Crippen LogP contribution >= 0.6 is 0 Å². The van der Waals surface area contributed by atoms with E-state index in [2.05, 4.69) is 15.2 Å². The van der Waals surface area contributed by atoms with Gasteiger partial charge in [0.2, 0.25) is 5.43 Å². The SMILES string of the molecule is N#Cc1cc(-n2ccc(=O)c(-c3ccnn3-c3ccc4c(c3)OCCO4)n2)ccn1. The van der Waals surface area contributed by atoms with Crippen molar-refractivity contribution in [3.8, 4) is 40.3 Å². The first-order valence-corrected chi connectivity index (χ1v) is 9.14. The largest absolute Gasteiger partial charge is 0.486 e. The number of hydrogen-bond donors (Lipinski definition) is 0. The number of benzene rings is 1. The smallest absolute Gasteiger partial charge is 0.209 e. The zero-order valence-corrected chi connectivity index (χ0v) is 15.6. The molecule has 0 spiro atoms. The van der Waals surface area contributed by atoms with Crippen LogP contribution in [-0.4, -0.2) is 37.8 Å². The van der Waals surface area contributed by atoms with E-state index >= 15 is 0 Å². The molecule has 4 heterocycles. The van der Waals surface area contributed by atoms with E-state index in [-0.39, 0.29) is 16.8 Å². The summed E-state index contributed by atoms with van der Waals surface area (Å²) in [5.41, 5.74) is 2.09. The van der Waals surface area contributed by atoms with E-state index in [9.17, 15) is 4.79 Å². The van der Waals surface area contributed by atoms with Gasteiger partial charge in [0, 0.05) is 30.6 Å². The molecule has 1 aromatic carbocycles. The molecule has 30 heavy (non-hydrogen) atoms. The van der Waals surface area contributed by atoms with Gasteiger partial charge in [-0.25, -0.2) is 14.3 Å². The predicted molar refractivity (Wildman–Crippen MR) is 106 cm³/mol. The monoisotopic (exact) mass is 398 g/mol. The van der Waals surface area contributed by atoms with E-state index in [0.717, 1.165) is 0 Å². The third-order valence-corrected chi connectivity index (χ3v) is 4.59. The molecule has 4 aromatic rings. The molecular formula is C21H14N6O3. The van der Waals surface area contributed by atoms with Gasteiger partial charge in [-0.1, -0.05) is 0 Å². The summed E-state index contributed by atoms with van der Waals surface area (Å²) >= 11 is 0. The van der Waals surface area contributed by atoms with Crippen molar-refractivity contribution in [3.05, 3.63) is 77.0 Å². The molecule has 0 bridgehead atoms. The molecule has 3 aromatic heterocycles. The van der Waals surface area contributed by atoms with E-state index in [0.29, 0.717) is 41.8 Å². The molecule has 0 radical (unpaired) electrons. The highest BCUT2D eigenvalue weighted by Crippen LogP contribution is 2.32. The first kappa shape index (κ1) is 17.6. The molecule has 0 saturated heterocycles. The lowest BCUT2D eigenvalue weighted by Gasteiger charge is -2.19. The molecule has 9 nitrogen and oxygen atoms in total. The summed E-state index contributed by atoms with van der Waals surface area (Å²) in [6.07, 6.45) is 4.67. The molecule has 0 N–H and O–H groups in total. The second kappa shape index (κ2) is 7.18. The minimum absolute atomic E-state index is 0.222. The van der Waals surface area contributed by atoms with Crippen molar-refractivity contribution in [2.24, 2.45) is 0 Å². The van der Waals surface area contributed by atoms with Crippen LogP contribution < -0.4 is 14.9 Å². The maximum absolute atomic E-state index is 12.6. The van der Waals surface area contributed by atoms with Crippen molar-refractivity contribution in [1.82, 2.24) is 24.5 Å². The Morgan fingerprint density at radius 2 is 1.83 bits per heavy atom. The molecule has 0 atom stereocenters. The van der Waals surface area contributed by atoms with E-state index in [4.69, 9.17) is 14.7 Å². The molecule has 1 aliphatic heterocycles. The molecule has 0 unspecified atom stereocenters. The van der Waals surface area contributed by atoms with Gasteiger partial charge in [-0.3, -0.25) is 4.79 Å². The molecular weight excluding hydrogens is 384 g/mol. The number of hydrogen-bond acceptors (Lipinski definition) is 7. The molecule has 146 valence electrons. The van der Waals surface area contributed by atoms with Gasteiger partial charge < -0.3 is 9.47 Å². The maximum Gasteiger partial charge on any atom is 0.209 e. The number of nitriles is 1. The summed E-state index contributed by atoms with van der Waals surface area (Å²) < 4.78 is 14.4. The lowest BCUT2D eigenvalue weighted by atomic mass is 10.2. The Morgan fingerprint density at radius 1 is 0.967 bits per heavy atom. The van der Waals surface area contributed by atoms with Crippen LogP contribution in [0.15, 0.2) is 65.8 Å². The Bertz CT molecular complexity index is 1350. The van der Waals surface area contributed by atoms with Crippen molar-refractivity contribution in [3.63, 3.8) is 0 Å². The third-order valence-electron chi connectivity index (χ3n) is 4.59. The van der Waals surface area contributed by atoms with Crippen LogP contribution in [0.3, 0.4) is 0 Å². The fourth-order valence-corrected chi connectivity index (χ4v) is 3.20. The van der Waals surface area contributed by atoms with E-state index in [1.54, 1.807) is 35.3 Å². The minimum Gasteiger partial charge on any atom is -0.486 e. The molecule has 0 fully saturated rings.